The van der Waals surface area contributed by atoms with E-state index in [-0.39, 0.29) is 23.8 Å². The Hall–Kier alpha value is -3.02. The Labute approximate surface area is 191 Å². The van der Waals surface area contributed by atoms with Crippen molar-refractivity contribution in [3.05, 3.63) is 59.2 Å². The monoisotopic (exact) mass is 440 g/mol. The van der Waals surface area contributed by atoms with Gasteiger partial charge in [-0.05, 0) is 64.3 Å². The van der Waals surface area contributed by atoms with Gasteiger partial charge in [-0.15, -0.1) is 0 Å². The van der Waals surface area contributed by atoms with Crippen LogP contribution in [0.25, 0.3) is 0 Å². The summed E-state index contributed by atoms with van der Waals surface area (Å²) in [5.41, 5.74) is 2.72. The highest BCUT2D eigenvalue weighted by Gasteiger charge is 2.28. The molecule has 6 nitrogen and oxygen atoms in total. The summed E-state index contributed by atoms with van der Waals surface area (Å²) in [6, 6.07) is 13.1. The van der Waals surface area contributed by atoms with Crippen molar-refractivity contribution in [2.45, 2.75) is 65.6 Å². The minimum Gasteiger partial charge on any atom is -0.493 e. The number of nitrogens with one attached hydrogen (secondary N) is 1. The largest absolute Gasteiger partial charge is 0.493 e. The molecule has 0 spiro atoms. The maximum atomic E-state index is 13.3. The molecule has 32 heavy (non-hydrogen) atoms. The zero-order valence-corrected chi connectivity index (χ0v) is 20.3. The second kappa shape index (κ2) is 11.0. The molecule has 2 rings (SSSR count). The van der Waals surface area contributed by atoms with E-state index in [1.807, 2.05) is 70.2 Å². The molecule has 0 aliphatic carbocycles. The highest BCUT2D eigenvalue weighted by molar-refractivity contribution is 5.87. The molecule has 0 aromatic heterocycles. The fourth-order valence-electron chi connectivity index (χ4n) is 3.49. The van der Waals surface area contributed by atoms with E-state index < -0.39 is 6.04 Å². The number of methoxy groups -OCH3 is 2. The fourth-order valence-corrected chi connectivity index (χ4v) is 3.49. The van der Waals surface area contributed by atoms with Crippen molar-refractivity contribution in [2.24, 2.45) is 0 Å². The summed E-state index contributed by atoms with van der Waals surface area (Å²) in [4.78, 5) is 27.8. The minimum absolute atomic E-state index is 0.0714. The van der Waals surface area contributed by atoms with Crippen molar-refractivity contribution in [1.29, 1.82) is 0 Å². The number of hydrogen-bond acceptors (Lipinski definition) is 4. The molecule has 2 amide bonds. The Kier molecular flexibility index (Phi) is 8.70. The normalized spacial score (nSPS) is 12.1. The first-order valence-corrected chi connectivity index (χ1v) is 10.9. The van der Waals surface area contributed by atoms with Gasteiger partial charge in [0, 0.05) is 18.5 Å². The fraction of sp³-hybridized carbons (Fsp3) is 0.462. The molecule has 6 heteroatoms. The SMILES string of the molecule is COc1ccc(CCC(=O)N(Cc2cccc(C)c2)[C@@H](C)C(=O)NC(C)(C)C)cc1OC. The summed E-state index contributed by atoms with van der Waals surface area (Å²) in [5, 5.41) is 2.99. The van der Waals surface area contributed by atoms with Crippen LogP contribution >= 0.6 is 0 Å². The van der Waals surface area contributed by atoms with Crippen molar-refractivity contribution in [2.75, 3.05) is 14.2 Å². The van der Waals surface area contributed by atoms with Crippen molar-refractivity contribution < 1.29 is 19.1 Å². The maximum Gasteiger partial charge on any atom is 0.242 e. The number of amides is 2. The van der Waals surface area contributed by atoms with Crippen molar-refractivity contribution in [3.63, 3.8) is 0 Å². The van der Waals surface area contributed by atoms with Gasteiger partial charge in [0.15, 0.2) is 11.5 Å². The average molecular weight is 441 g/mol. The summed E-state index contributed by atoms with van der Waals surface area (Å²) >= 11 is 0. The first-order valence-electron chi connectivity index (χ1n) is 10.9. The van der Waals surface area contributed by atoms with Crippen LogP contribution in [0.15, 0.2) is 42.5 Å². The second-order valence-electron chi connectivity index (χ2n) is 9.12. The molecule has 0 saturated heterocycles. The van der Waals surface area contributed by atoms with Crippen LogP contribution < -0.4 is 14.8 Å². The third-order valence-corrected chi connectivity index (χ3v) is 5.18. The van der Waals surface area contributed by atoms with E-state index in [0.29, 0.717) is 24.5 Å². The highest BCUT2D eigenvalue weighted by Crippen LogP contribution is 2.28. The smallest absolute Gasteiger partial charge is 0.242 e. The Morgan fingerprint density at radius 3 is 2.28 bits per heavy atom. The standard InChI is InChI=1S/C26H36N2O4/c1-18-9-8-10-21(15-18)17-28(19(2)25(30)27-26(3,4)5)24(29)14-12-20-11-13-22(31-6)23(16-20)32-7/h8-11,13,15-16,19H,12,14,17H2,1-7H3,(H,27,30)/t19-/m0/s1. The first-order chi connectivity index (χ1) is 15.0. The predicted octanol–water partition coefficient (Wildman–Crippen LogP) is 4.28. The van der Waals surface area contributed by atoms with Crippen LogP contribution in [0.3, 0.4) is 0 Å². The number of carbonyl (C=O) groups is 2. The molecule has 0 radical (unpaired) electrons. The van der Waals surface area contributed by atoms with Crippen LogP contribution in [-0.2, 0) is 22.6 Å². The van der Waals surface area contributed by atoms with E-state index in [9.17, 15) is 9.59 Å². The minimum atomic E-state index is -0.590. The molecule has 0 heterocycles. The quantitative estimate of drug-likeness (QED) is 0.632. The van der Waals surface area contributed by atoms with Gasteiger partial charge in [-0.3, -0.25) is 9.59 Å². The lowest BCUT2D eigenvalue weighted by atomic mass is 10.1. The lowest BCUT2D eigenvalue weighted by Gasteiger charge is -2.31. The second-order valence-corrected chi connectivity index (χ2v) is 9.12. The molecule has 1 atom stereocenters. The molecule has 0 saturated carbocycles. The first kappa shape index (κ1) is 25.2. The average Bonchev–Trinajstić information content (AvgIpc) is 2.73. The third-order valence-electron chi connectivity index (χ3n) is 5.18. The predicted molar refractivity (Wildman–Crippen MR) is 127 cm³/mol. The molecule has 1 N–H and O–H groups in total. The van der Waals surface area contributed by atoms with Gasteiger partial charge in [-0.1, -0.05) is 35.9 Å². The Bertz CT molecular complexity index is 934. The lowest BCUT2D eigenvalue weighted by molar-refractivity contribution is -0.141. The third kappa shape index (κ3) is 7.29. The van der Waals surface area contributed by atoms with Crippen LogP contribution in [-0.4, -0.2) is 42.5 Å². The zero-order chi connectivity index (χ0) is 23.9. The van der Waals surface area contributed by atoms with Crippen molar-refractivity contribution in [1.82, 2.24) is 10.2 Å². The van der Waals surface area contributed by atoms with Gasteiger partial charge in [-0.25, -0.2) is 0 Å². The van der Waals surface area contributed by atoms with Gasteiger partial charge in [0.2, 0.25) is 11.8 Å². The molecule has 174 valence electrons. The van der Waals surface area contributed by atoms with E-state index in [0.717, 1.165) is 16.7 Å². The summed E-state index contributed by atoms with van der Waals surface area (Å²) in [7, 11) is 3.18. The van der Waals surface area contributed by atoms with Gasteiger partial charge in [0.05, 0.1) is 14.2 Å². The van der Waals surface area contributed by atoms with Crippen molar-refractivity contribution in [3.8, 4) is 11.5 Å². The van der Waals surface area contributed by atoms with Gasteiger partial charge in [0.25, 0.3) is 0 Å². The van der Waals surface area contributed by atoms with Crippen molar-refractivity contribution >= 4 is 11.8 Å². The van der Waals surface area contributed by atoms with Crippen LogP contribution in [0.2, 0.25) is 0 Å². The Morgan fingerprint density at radius 1 is 1.00 bits per heavy atom. The molecule has 0 aliphatic heterocycles. The van der Waals surface area contributed by atoms with Gasteiger partial charge in [-0.2, -0.15) is 0 Å². The molecular weight excluding hydrogens is 404 g/mol. The summed E-state index contributed by atoms with van der Waals surface area (Å²) < 4.78 is 10.6. The van der Waals surface area contributed by atoms with Crippen LogP contribution in [0.1, 0.15) is 50.8 Å². The van der Waals surface area contributed by atoms with Gasteiger partial charge >= 0.3 is 0 Å². The number of carbonyl (C=O) groups excluding carboxylic acids is 2. The number of ether oxygens (including phenoxy) is 2. The van der Waals surface area contributed by atoms with Crippen LogP contribution in [0.4, 0.5) is 0 Å². The van der Waals surface area contributed by atoms with E-state index in [1.54, 1.807) is 26.0 Å². The van der Waals surface area contributed by atoms with E-state index in [4.69, 9.17) is 9.47 Å². The molecule has 0 unspecified atom stereocenters. The lowest BCUT2D eigenvalue weighted by Crippen LogP contribution is -2.52. The van der Waals surface area contributed by atoms with E-state index >= 15 is 0 Å². The van der Waals surface area contributed by atoms with E-state index in [2.05, 4.69) is 5.32 Å². The van der Waals surface area contributed by atoms with Crippen LogP contribution in [0, 0.1) is 6.92 Å². The molecule has 0 aliphatic rings. The topological polar surface area (TPSA) is 67.9 Å². The summed E-state index contributed by atoms with van der Waals surface area (Å²) in [6.07, 6.45) is 0.825. The molecule has 2 aromatic rings. The number of rotatable bonds is 9. The number of hydrogen-bond donors (Lipinski definition) is 1. The van der Waals surface area contributed by atoms with Gasteiger partial charge in [0.1, 0.15) is 6.04 Å². The Morgan fingerprint density at radius 2 is 1.69 bits per heavy atom. The maximum absolute atomic E-state index is 13.3. The number of aryl methyl sites for hydroxylation is 2. The zero-order valence-electron chi connectivity index (χ0n) is 20.3. The molecular formula is C26H36N2O4. The number of benzene rings is 2. The highest BCUT2D eigenvalue weighted by atomic mass is 16.5. The summed E-state index contributed by atoms with van der Waals surface area (Å²) in [6.45, 7) is 9.98. The Balaban J connectivity index is 2.20. The van der Waals surface area contributed by atoms with E-state index in [1.165, 1.54) is 0 Å². The molecule has 2 aromatic carbocycles. The number of nitrogens with zero attached hydrogens (tertiary/aromatic N) is 1. The van der Waals surface area contributed by atoms with Gasteiger partial charge < -0.3 is 19.7 Å². The molecule has 0 bridgehead atoms. The van der Waals surface area contributed by atoms with Crippen LogP contribution in [0.5, 0.6) is 11.5 Å². The molecule has 0 fully saturated rings. The summed E-state index contributed by atoms with van der Waals surface area (Å²) in [5.74, 6) is 1.05.